The summed E-state index contributed by atoms with van der Waals surface area (Å²) in [6, 6.07) is 11.3. The van der Waals surface area contributed by atoms with E-state index in [0.717, 1.165) is 5.56 Å². The molecule has 176 valence electrons. The molecule has 0 fully saturated rings. The monoisotopic (exact) mass is 471 g/mol. The second kappa shape index (κ2) is 10.6. The predicted octanol–water partition coefficient (Wildman–Crippen LogP) is 3.61. The van der Waals surface area contributed by atoms with E-state index in [4.69, 9.17) is 4.74 Å². The Labute approximate surface area is 193 Å². The van der Waals surface area contributed by atoms with Crippen LogP contribution in [0.2, 0.25) is 0 Å². The Bertz CT molecular complexity index is 1280. The summed E-state index contributed by atoms with van der Waals surface area (Å²) in [5, 5.41) is 2.80. The molecule has 0 aliphatic carbocycles. The number of ether oxygens (including phenoxy) is 1. The van der Waals surface area contributed by atoms with Crippen molar-refractivity contribution in [3.8, 4) is 0 Å². The average molecular weight is 472 g/mol. The maximum absolute atomic E-state index is 12.9. The zero-order chi connectivity index (χ0) is 24.0. The summed E-state index contributed by atoms with van der Waals surface area (Å²) in [6.07, 6.45) is 1.96. The molecule has 9 heteroatoms. The van der Waals surface area contributed by atoms with Gasteiger partial charge in [-0.2, -0.15) is 0 Å². The lowest BCUT2D eigenvalue weighted by Crippen LogP contribution is -2.30. The molecule has 0 saturated heterocycles. The lowest BCUT2D eigenvalue weighted by molar-refractivity contribution is 0.0943. The third kappa shape index (κ3) is 6.00. The molecule has 0 aliphatic heterocycles. The molecule has 3 N–H and O–H groups in total. The number of sulfonamides is 1. The van der Waals surface area contributed by atoms with E-state index < -0.39 is 21.4 Å². The smallest absolute Gasteiger partial charge is 0.261 e. The Kier molecular flexibility index (Phi) is 7.88. The van der Waals surface area contributed by atoms with Crippen molar-refractivity contribution in [2.24, 2.45) is 0 Å². The SMILES string of the molecule is CCOCCCNC(=O)c1c[nH]c2ccc(S(=O)(=O)Nc3ccc(C(C)C)cc3)cc2c1=O. The van der Waals surface area contributed by atoms with Crippen LogP contribution in [0.1, 0.15) is 49.0 Å². The van der Waals surface area contributed by atoms with Crippen LogP contribution in [0.15, 0.2) is 58.4 Å². The molecule has 0 saturated carbocycles. The number of benzene rings is 2. The third-order valence-corrected chi connectivity index (χ3v) is 6.57. The van der Waals surface area contributed by atoms with Gasteiger partial charge < -0.3 is 15.0 Å². The van der Waals surface area contributed by atoms with Crippen molar-refractivity contribution in [1.29, 1.82) is 0 Å². The van der Waals surface area contributed by atoms with Gasteiger partial charge in [-0.15, -0.1) is 0 Å². The topological polar surface area (TPSA) is 117 Å². The highest BCUT2D eigenvalue weighted by atomic mass is 32.2. The first-order valence-corrected chi connectivity index (χ1v) is 12.4. The Morgan fingerprint density at radius 3 is 2.52 bits per heavy atom. The lowest BCUT2D eigenvalue weighted by Gasteiger charge is -2.11. The molecule has 3 rings (SSSR count). The largest absolute Gasteiger partial charge is 0.382 e. The highest BCUT2D eigenvalue weighted by Crippen LogP contribution is 2.21. The molecule has 0 bridgehead atoms. The van der Waals surface area contributed by atoms with Crippen LogP contribution in [0.25, 0.3) is 10.9 Å². The van der Waals surface area contributed by atoms with Crippen LogP contribution < -0.4 is 15.5 Å². The van der Waals surface area contributed by atoms with Gasteiger partial charge in [0, 0.05) is 42.5 Å². The highest BCUT2D eigenvalue weighted by molar-refractivity contribution is 7.92. The number of carbonyl (C=O) groups is 1. The molecule has 2 aromatic carbocycles. The van der Waals surface area contributed by atoms with Crippen LogP contribution in [-0.4, -0.2) is 39.1 Å². The number of nitrogens with one attached hydrogen (secondary N) is 3. The van der Waals surface area contributed by atoms with Crippen LogP contribution in [0, 0.1) is 0 Å². The van der Waals surface area contributed by atoms with Crippen molar-refractivity contribution in [2.45, 2.75) is 38.0 Å². The Morgan fingerprint density at radius 1 is 1.12 bits per heavy atom. The summed E-state index contributed by atoms with van der Waals surface area (Å²) >= 11 is 0. The van der Waals surface area contributed by atoms with Gasteiger partial charge >= 0.3 is 0 Å². The molecule has 0 radical (unpaired) electrons. The first-order chi connectivity index (χ1) is 15.7. The fraction of sp³-hybridized carbons (Fsp3) is 0.333. The van der Waals surface area contributed by atoms with E-state index in [0.29, 0.717) is 43.3 Å². The Morgan fingerprint density at radius 2 is 1.85 bits per heavy atom. The van der Waals surface area contributed by atoms with Gasteiger partial charge in [-0.25, -0.2) is 8.42 Å². The maximum atomic E-state index is 12.9. The molecular formula is C24H29N3O5S. The number of pyridine rings is 1. The van der Waals surface area contributed by atoms with Crippen molar-refractivity contribution < 1.29 is 17.9 Å². The zero-order valence-corrected chi connectivity index (χ0v) is 19.8. The number of hydrogen-bond donors (Lipinski definition) is 3. The van der Waals surface area contributed by atoms with E-state index in [1.807, 2.05) is 19.1 Å². The van der Waals surface area contributed by atoms with Gasteiger partial charge in [0.15, 0.2) is 0 Å². The first kappa shape index (κ1) is 24.5. The second-order valence-electron chi connectivity index (χ2n) is 7.93. The van der Waals surface area contributed by atoms with Crippen molar-refractivity contribution in [3.63, 3.8) is 0 Å². The molecule has 3 aromatic rings. The molecule has 0 spiro atoms. The van der Waals surface area contributed by atoms with Gasteiger partial charge in [-0.1, -0.05) is 26.0 Å². The van der Waals surface area contributed by atoms with Crippen LogP contribution in [0.4, 0.5) is 5.69 Å². The highest BCUT2D eigenvalue weighted by Gasteiger charge is 2.18. The minimum Gasteiger partial charge on any atom is -0.382 e. The van der Waals surface area contributed by atoms with Gasteiger partial charge in [0.05, 0.1) is 4.90 Å². The summed E-state index contributed by atoms with van der Waals surface area (Å²) in [5.41, 5.74) is 1.34. The number of amides is 1. The van der Waals surface area contributed by atoms with E-state index >= 15 is 0 Å². The van der Waals surface area contributed by atoms with E-state index in [9.17, 15) is 18.0 Å². The molecule has 1 amide bonds. The number of hydrogen-bond acceptors (Lipinski definition) is 5. The molecule has 1 heterocycles. The summed E-state index contributed by atoms with van der Waals surface area (Å²) in [4.78, 5) is 28.2. The predicted molar refractivity (Wildman–Crippen MR) is 129 cm³/mol. The Balaban J connectivity index is 1.83. The molecule has 0 atom stereocenters. The molecule has 8 nitrogen and oxygen atoms in total. The summed E-state index contributed by atoms with van der Waals surface area (Å²) in [7, 11) is -3.93. The zero-order valence-electron chi connectivity index (χ0n) is 19.0. The minimum atomic E-state index is -3.93. The van der Waals surface area contributed by atoms with E-state index in [2.05, 4.69) is 28.9 Å². The number of rotatable bonds is 10. The van der Waals surface area contributed by atoms with Crippen molar-refractivity contribution >= 4 is 32.5 Å². The average Bonchev–Trinajstić information content (AvgIpc) is 2.79. The van der Waals surface area contributed by atoms with Gasteiger partial charge in [0.1, 0.15) is 5.56 Å². The summed E-state index contributed by atoms with van der Waals surface area (Å²) < 4.78 is 33.6. The normalized spacial score (nSPS) is 11.6. The van der Waals surface area contributed by atoms with Crippen LogP contribution in [-0.2, 0) is 14.8 Å². The molecule has 1 aromatic heterocycles. The summed E-state index contributed by atoms with van der Waals surface area (Å²) in [5.74, 6) is -0.190. The van der Waals surface area contributed by atoms with Gasteiger partial charge in [-0.3, -0.25) is 14.3 Å². The Hall–Kier alpha value is -3.17. The van der Waals surface area contributed by atoms with Gasteiger partial charge in [-0.05, 0) is 55.2 Å². The number of H-pyrrole nitrogens is 1. The number of carbonyl (C=O) groups excluding carboxylic acids is 1. The molecule has 0 unspecified atom stereocenters. The second-order valence-corrected chi connectivity index (χ2v) is 9.61. The standard InChI is InChI=1S/C24H29N3O5S/c1-4-32-13-5-12-25-24(29)21-15-26-22-11-10-19(14-20(22)23(21)28)33(30,31)27-18-8-6-17(7-9-18)16(2)3/h6-11,14-16,27H,4-5,12-13H2,1-3H3,(H,25,29)(H,26,28). The quantitative estimate of drug-likeness (QED) is 0.391. The molecule has 0 aliphatic rings. The van der Waals surface area contributed by atoms with E-state index in [1.54, 1.807) is 12.1 Å². The number of aromatic nitrogens is 1. The third-order valence-electron chi connectivity index (χ3n) is 5.19. The van der Waals surface area contributed by atoms with Gasteiger partial charge in [0.2, 0.25) is 5.43 Å². The fourth-order valence-electron chi connectivity index (χ4n) is 3.30. The van der Waals surface area contributed by atoms with Crippen molar-refractivity contribution in [1.82, 2.24) is 10.3 Å². The molecular weight excluding hydrogens is 442 g/mol. The van der Waals surface area contributed by atoms with Gasteiger partial charge in [0.25, 0.3) is 15.9 Å². The first-order valence-electron chi connectivity index (χ1n) is 10.9. The number of fused-ring (bicyclic) bond motifs is 1. The van der Waals surface area contributed by atoms with Crippen LogP contribution in [0.5, 0.6) is 0 Å². The van der Waals surface area contributed by atoms with Crippen molar-refractivity contribution in [2.75, 3.05) is 24.5 Å². The van der Waals surface area contributed by atoms with Crippen LogP contribution in [0.3, 0.4) is 0 Å². The fourth-order valence-corrected chi connectivity index (χ4v) is 4.38. The summed E-state index contributed by atoms with van der Waals surface area (Å²) in [6.45, 7) is 7.48. The minimum absolute atomic E-state index is 0.0669. The van der Waals surface area contributed by atoms with Crippen LogP contribution >= 0.6 is 0 Å². The maximum Gasteiger partial charge on any atom is 0.261 e. The van der Waals surface area contributed by atoms with E-state index in [1.165, 1.54) is 24.4 Å². The number of aromatic amines is 1. The molecule has 33 heavy (non-hydrogen) atoms. The van der Waals surface area contributed by atoms with Crippen molar-refractivity contribution in [3.05, 3.63) is 70.0 Å². The lowest BCUT2D eigenvalue weighted by atomic mass is 10.0. The number of anilines is 1. The van der Waals surface area contributed by atoms with E-state index in [-0.39, 0.29) is 15.8 Å².